The van der Waals surface area contributed by atoms with Crippen molar-refractivity contribution < 1.29 is 23.5 Å². The van der Waals surface area contributed by atoms with Gasteiger partial charge in [0.1, 0.15) is 11.8 Å². The van der Waals surface area contributed by atoms with Gasteiger partial charge in [0.2, 0.25) is 11.8 Å². The SMILES string of the molecule is C=CCN(C(=O)CNC(=O)c1ccco1)C(C(=O)NC1CCCC1)c1cccc(OC)c1. The molecule has 0 radical (unpaired) electrons. The van der Waals surface area contributed by atoms with Crippen LogP contribution in [0.15, 0.2) is 59.7 Å². The number of amides is 3. The number of hydrogen-bond acceptors (Lipinski definition) is 5. The van der Waals surface area contributed by atoms with E-state index in [9.17, 15) is 14.4 Å². The van der Waals surface area contributed by atoms with Gasteiger partial charge in [-0.25, -0.2) is 0 Å². The number of furan rings is 1. The Morgan fingerprint density at radius 1 is 1.25 bits per heavy atom. The third kappa shape index (κ3) is 5.78. The molecule has 2 N–H and O–H groups in total. The fourth-order valence-electron chi connectivity index (χ4n) is 3.88. The van der Waals surface area contributed by atoms with Crippen molar-refractivity contribution in [2.45, 2.75) is 37.8 Å². The van der Waals surface area contributed by atoms with E-state index in [-0.39, 0.29) is 30.8 Å². The van der Waals surface area contributed by atoms with Crippen LogP contribution in [0.1, 0.15) is 47.8 Å². The van der Waals surface area contributed by atoms with E-state index in [4.69, 9.17) is 9.15 Å². The number of benzene rings is 1. The van der Waals surface area contributed by atoms with E-state index in [0.29, 0.717) is 11.3 Å². The van der Waals surface area contributed by atoms with E-state index >= 15 is 0 Å². The second-order valence-electron chi connectivity index (χ2n) is 7.66. The van der Waals surface area contributed by atoms with E-state index in [0.717, 1.165) is 25.7 Å². The second-order valence-corrected chi connectivity index (χ2v) is 7.66. The van der Waals surface area contributed by atoms with Crippen LogP contribution >= 0.6 is 0 Å². The molecule has 1 saturated carbocycles. The Morgan fingerprint density at radius 3 is 2.69 bits per heavy atom. The first-order valence-electron chi connectivity index (χ1n) is 10.7. The molecule has 1 aromatic carbocycles. The normalized spacial score (nSPS) is 14.4. The Bertz CT molecular complexity index is 935. The molecule has 1 fully saturated rings. The first-order valence-corrected chi connectivity index (χ1v) is 10.7. The van der Waals surface area contributed by atoms with E-state index in [1.165, 1.54) is 17.2 Å². The number of carbonyl (C=O) groups is 3. The number of carbonyl (C=O) groups excluding carboxylic acids is 3. The van der Waals surface area contributed by atoms with Crippen molar-refractivity contribution in [2.24, 2.45) is 0 Å². The van der Waals surface area contributed by atoms with Crippen LogP contribution in [0.3, 0.4) is 0 Å². The van der Waals surface area contributed by atoms with Crippen LogP contribution in [-0.4, -0.2) is 48.9 Å². The number of ether oxygens (including phenoxy) is 1. The fourth-order valence-corrected chi connectivity index (χ4v) is 3.88. The maximum atomic E-state index is 13.4. The van der Waals surface area contributed by atoms with E-state index in [1.54, 1.807) is 43.5 Å². The topological polar surface area (TPSA) is 101 Å². The number of nitrogens with zero attached hydrogens (tertiary/aromatic N) is 1. The van der Waals surface area contributed by atoms with Gasteiger partial charge in [0, 0.05) is 12.6 Å². The number of nitrogens with one attached hydrogen (secondary N) is 2. The second kappa shape index (κ2) is 11.2. The number of hydrogen-bond donors (Lipinski definition) is 2. The standard InChI is InChI=1S/C24H29N3O5/c1-3-13-27(21(28)16-25-23(29)20-12-7-14-32-20)22(17-8-6-11-19(15-17)31-2)24(30)26-18-9-4-5-10-18/h3,6-8,11-12,14-15,18,22H,1,4-5,9-10,13,16H2,2H3,(H,25,29)(H,26,30). The molecule has 3 amide bonds. The molecule has 0 spiro atoms. The van der Waals surface area contributed by atoms with Gasteiger partial charge in [0.05, 0.1) is 19.9 Å². The van der Waals surface area contributed by atoms with Crippen LogP contribution in [0.25, 0.3) is 0 Å². The van der Waals surface area contributed by atoms with Crippen LogP contribution in [0, 0.1) is 0 Å². The maximum Gasteiger partial charge on any atom is 0.287 e. The van der Waals surface area contributed by atoms with Gasteiger partial charge in [-0.05, 0) is 42.7 Å². The highest BCUT2D eigenvalue weighted by Gasteiger charge is 2.33. The van der Waals surface area contributed by atoms with Gasteiger partial charge in [-0.3, -0.25) is 14.4 Å². The first-order chi connectivity index (χ1) is 15.5. The van der Waals surface area contributed by atoms with E-state index in [2.05, 4.69) is 17.2 Å². The van der Waals surface area contributed by atoms with Gasteiger partial charge in [-0.1, -0.05) is 31.1 Å². The van der Waals surface area contributed by atoms with Crippen molar-refractivity contribution >= 4 is 17.7 Å². The molecule has 0 aliphatic heterocycles. The van der Waals surface area contributed by atoms with Crippen molar-refractivity contribution in [3.8, 4) is 5.75 Å². The molecule has 1 aliphatic rings. The van der Waals surface area contributed by atoms with Crippen molar-refractivity contribution in [1.82, 2.24) is 15.5 Å². The summed E-state index contributed by atoms with van der Waals surface area (Å²) in [5.74, 6) is -0.498. The summed E-state index contributed by atoms with van der Waals surface area (Å²) in [6.07, 6.45) is 6.93. The summed E-state index contributed by atoms with van der Waals surface area (Å²) in [4.78, 5) is 40.1. The van der Waals surface area contributed by atoms with Crippen LogP contribution in [0.5, 0.6) is 5.75 Å². The summed E-state index contributed by atoms with van der Waals surface area (Å²) in [6.45, 7) is 3.59. The molecule has 1 unspecified atom stereocenters. The van der Waals surface area contributed by atoms with Gasteiger partial charge in [0.15, 0.2) is 5.76 Å². The average Bonchev–Trinajstić information content (AvgIpc) is 3.51. The Kier molecular flexibility index (Phi) is 8.08. The largest absolute Gasteiger partial charge is 0.497 e. The Morgan fingerprint density at radius 2 is 2.03 bits per heavy atom. The highest BCUT2D eigenvalue weighted by molar-refractivity contribution is 5.95. The highest BCUT2D eigenvalue weighted by atomic mass is 16.5. The predicted octanol–water partition coefficient (Wildman–Crippen LogP) is 2.83. The summed E-state index contributed by atoms with van der Waals surface area (Å²) in [6, 6.07) is 9.38. The zero-order valence-electron chi connectivity index (χ0n) is 18.2. The minimum absolute atomic E-state index is 0.0925. The van der Waals surface area contributed by atoms with Crippen LogP contribution in [-0.2, 0) is 9.59 Å². The van der Waals surface area contributed by atoms with Gasteiger partial charge >= 0.3 is 0 Å². The first kappa shape index (κ1) is 23.1. The lowest BCUT2D eigenvalue weighted by atomic mass is 10.0. The molecular formula is C24H29N3O5. The molecular weight excluding hydrogens is 410 g/mol. The summed E-state index contributed by atoms with van der Waals surface area (Å²) in [5, 5.41) is 5.64. The molecule has 1 aromatic heterocycles. The van der Waals surface area contributed by atoms with Crippen LogP contribution < -0.4 is 15.4 Å². The molecule has 1 aliphatic carbocycles. The van der Waals surface area contributed by atoms with Crippen LogP contribution in [0.2, 0.25) is 0 Å². The Balaban J connectivity index is 1.83. The van der Waals surface area contributed by atoms with E-state index < -0.39 is 17.9 Å². The Labute approximate surface area is 187 Å². The summed E-state index contributed by atoms with van der Waals surface area (Å²) >= 11 is 0. The molecule has 8 heteroatoms. The summed E-state index contributed by atoms with van der Waals surface area (Å²) < 4.78 is 10.4. The van der Waals surface area contributed by atoms with Crippen molar-refractivity contribution in [2.75, 3.05) is 20.2 Å². The Hall–Kier alpha value is -3.55. The van der Waals surface area contributed by atoms with Crippen LogP contribution in [0.4, 0.5) is 0 Å². The number of methoxy groups -OCH3 is 1. The highest BCUT2D eigenvalue weighted by Crippen LogP contribution is 2.27. The fraction of sp³-hybridized carbons (Fsp3) is 0.375. The van der Waals surface area contributed by atoms with Gasteiger partial charge < -0.3 is 24.7 Å². The smallest absolute Gasteiger partial charge is 0.287 e. The predicted molar refractivity (Wildman–Crippen MR) is 119 cm³/mol. The third-order valence-electron chi connectivity index (χ3n) is 5.46. The molecule has 32 heavy (non-hydrogen) atoms. The molecule has 0 saturated heterocycles. The van der Waals surface area contributed by atoms with Gasteiger partial charge in [-0.2, -0.15) is 0 Å². The summed E-state index contributed by atoms with van der Waals surface area (Å²) in [5.41, 5.74) is 0.618. The zero-order valence-corrected chi connectivity index (χ0v) is 18.2. The molecule has 1 atom stereocenters. The van der Waals surface area contributed by atoms with Gasteiger partial charge in [-0.15, -0.1) is 6.58 Å². The number of rotatable bonds is 10. The maximum absolute atomic E-state index is 13.4. The lowest BCUT2D eigenvalue weighted by Crippen LogP contribution is -2.48. The average molecular weight is 440 g/mol. The van der Waals surface area contributed by atoms with Crippen molar-refractivity contribution in [1.29, 1.82) is 0 Å². The quantitative estimate of drug-likeness (QED) is 0.555. The molecule has 0 bridgehead atoms. The molecule has 2 aromatic rings. The molecule has 1 heterocycles. The third-order valence-corrected chi connectivity index (χ3v) is 5.46. The minimum atomic E-state index is -0.892. The minimum Gasteiger partial charge on any atom is -0.497 e. The molecule has 3 rings (SSSR count). The molecule has 8 nitrogen and oxygen atoms in total. The van der Waals surface area contributed by atoms with E-state index in [1.807, 2.05) is 0 Å². The zero-order chi connectivity index (χ0) is 22.9. The van der Waals surface area contributed by atoms with Gasteiger partial charge in [0.25, 0.3) is 5.91 Å². The van der Waals surface area contributed by atoms with Crippen molar-refractivity contribution in [3.05, 3.63) is 66.6 Å². The lowest BCUT2D eigenvalue weighted by Gasteiger charge is -2.31. The molecule has 170 valence electrons. The lowest BCUT2D eigenvalue weighted by molar-refractivity contribution is -0.139. The van der Waals surface area contributed by atoms with Crippen molar-refractivity contribution in [3.63, 3.8) is 0 Å². The summed E-state index contributed by atoms with van der Waals surface area (Å²) in [7, 11) is 1.55. The monoisotopic (exact) mass is 439 g/mol.